The molecule has 0 unspecified atom stereocenters. The van der Waals surface area contributed by atoms with Crippen molar-refractivity contribution in [1.82, 2.24) is 0 Å². The Morgan fingerprint density at radius 3 is 2.80 bits per heavy atom. The van der Waals surface area contributed by atoms with Crippen LogP contribution in [0, 0.1) is 0 Å². The zero-order valence-corrected chi connectivity index (χ0v) is 14.8. The van der Waals surface area contributed by atoms with Gasteiger partial charge in [0.25, 0.3) is 0 Å². The predicted molar refractivity (Wildman–Crippen MR) is 105 cm³/mol. The molecule has 0 bridgehead atoms. The van der Waals surface area contributed by atoms with E-state index in [1.54, 1.807) is 6.08 Å². The highest BCUT2D eigenvalue weighted by atomic mass is 16.3. The Morgan fingerprint density at radius 2 is 2.04 bits per heavy atom. The molecule has 1 aliphatic rings. The van der Waals surface area contributed by atoms with Gasteiger partial charge in [-0.3, -0.25) is 4.79 Å². The highest BCUT2D eigenvalue weighted by Crippen LogP contribution is 2.27. The molecule has 0 atom stereocenters. The lowest BCUT2D eigenvalue weighted by Gasteiger charge is -2.28. The average molecular weight is 335 g/mol. The summed E-state index contributed by atoms with van der Waals surface area (Å²) in [7, 11) is 0. The fraction of sp³-hybridized carbons (Fsp3) is 0.318. The van der Waals surface area contributed by atoms with Crippen LogP contribution in [0.15, 0.2) is 58.6 Å². The number of allylic oxidation sites excluding steroid dienone is 5. The fourth-order valence-corrected chi connectivity index (χ4v) is 3.12. The number of fused-ring (bicyclic) bond motifs is 1. The Balaban J connectivity index is 1.76. The molecule has 1 aliphatic heterocycles. The van der Waals surface area contributed by atoms with Crippen LogP contribution < -0.4 is 4.90 Å². The summed E-state index contributed by atoms with van der Waals surface area (Å²) in [6.45, 7) is 4.32. The molecule has 0 radical (unpaired) electrons. The van der Waals surface area contributed by atoms with E-state index < -0.39 is 0 Å². The van der Waals surface area contributed by atoms with Crippen LogP contribution in [-0.4, -0.2) is 19.4 Å². The van der Waals surface area contributed by atoms with Gasteiger partial charge in [-0.2, -0.15) is 0 Å². The van der Waals surface area contributed by atoms with Crippen LogP contribution in [0.25, 0.3) is 17.0 Å². The first-order chi connectivity index (χ1) is 12.3. The monoisotopic (exact) mass is 335 g/mol. The molecule has 2 heterocycles. The van der Waals surface area contributed by atoms with Crippen LogP contribution in [0.2, 0.25) is 0 Å². The van der Waals surface area contributed by atoms with Crippen LogP contribution in [-0.2, 0) is 4.79 Å². The Kier molecular flexibility index (Phi) is 5.89. The van der Waals surface area contributed by atoms with Crippen molar-refractivity contribution >= 4 is 29.0 Å². The van der Waals surface area contributed by atoms with E-state index >= 15 is 0 Å². The van der Waals surface area contributed by atoms with E-state index in [2.05, 4.69) is 23.1 Å². The molecular formula is C22H25NO2. The number of furan rings is 1. The van der Waals surface area contributed by atoms with E-state index in [9.17, 15) is 4.79 Å². The molecule has 3 nitrogen and oxygen atoms in total. The SMILES string of the molecule is CC\C=C/C(C=O)=C\C=C\c1cc2cc(N3CCCCC3)ccc2o1. The smallest absolute Gasteiger partial charge is 0.150 e. The number of carbonyl (C=O) groups excluding carboxylic acids is 1. The Hall–Kier alpha value is -2.55. The summed E-state index contributed by atoms with van der Waals surface area (Å²) in [5, 5.41) is 1.12. The van der Waals surface area contributed by atoms with Crippen LogP contribution in [0.4, 0.5) is 5.69 Å². The summed E-state index contributed by atoms with van der Waals surface area (Å²) in [6, 6.07) is 8.45. The van der Waals surface area contributed by atoms with Crippen molar-refractivity contribution in [3.63, 3.8) is 0 Å². The highest BCUT2D eigenvalue weighted by Gasteiger charge is 2.12. The van der Waals surface area contributed by atoms with Gasteiger partial charge >= 0.3 is 0 Å². The number of hydrogen-bond acceptors (Lipinski definition) is 3. The largest absolute Gasteiger partial charge is 0.457 e. The van der Waals surface area contributed by atoms with E-state index in [1.807, 2.05) is 37.3 Å². The van der Waals surface area contributed by atoms with Gasteiger partial charge in [-0.05, 0) is 56.0 Å². The maximum atomic E-state index is 11.0. The van der Waals surface area contributed by atoms with Gasteiger partial charge in [-0.25, -0.2) is 0 Å². The minimum atomic E-state index is 0.654. The molecule has 1 saturated heterocycles. The van der Waals surface area contributed by atoms with Crippen molar-refractivity contribution in [3.05, 3.63) is 59.9 Å². The van der Waals surface area contributed by atoms with E-state index in [-0.39, 0.29) is 0 Å². The molecule has 1 fully saturated rings. The number of rotatable bonds is 6. The summed E-state index contributed by atoms with van der Waals surface area (Å²) in [5.74, 6) is 0.798. The van der Waals surface area contributed by atoms with Gasteiger partial charge in [0.2, 0.25) is 0 Å². The molecule has 25 heavy (non-hydrogen) atoms. The Labute approximate surface area is 149 Å². The van der Waals surface area contributed by atoms with Crippen molar-refractivity contribution in [1.29, 1.82) is 0 Å². The quantitative estimate of drug-likeness (QED) is 0.395. The molecule has 0 saturated carbocycles. The third-order valence-electron chi connectivity index (χ3n) is 4.47. The van der Waals surface area contributed by atoms with Crippen molar-refractivity contribution in [2.75, 3.05) is 18.0 Å². The van der Waals surface area contributed by atoms with E-state index in [0.717, 1.165) is 42.5 Å². The number of nitrogens with zero attached hydrogens (tertiary/aromatic N) is 1. The maximum absolute atomic E-state index is 11.0. The molecule has 130 valence electrons. The Bertz CT molecular complexity index is 805. The lowest BCUT2D eigenvalue weighted by atomic mass is 10.1. The van der Waals surface area contributed by atoms with E-state index in [1.165, 1.54) is 24.9 Å². The topological polar surface area (TPSA) is 33.5 Å². The normalized spacial score (nSPS) is 16.4. The minimum Gasteiger partial charge on any atom is -0.457 e. The zero-order valence-electron chi connectivity index (χ0n) is 14.8. The van der Waals surface area contributed by atoms with Gasteiger partial charge in [0.15, 0.2) is 0 Å². The number of piperidine rings is 1. The summed E-state index contributed by atoms with van der Waals surface area (Å²) in [6.07, 6.45) is 15.0. The first-order valence-corrected chi connectivity index (χ1v) is 9.09. The molecule has 0 N–H and O–H groups in total. The zero-order chi connectivity index (χ0) is 17.5. The minimum absolute atomic E-state index is 0.654. The number of aldehydes is 1. The Morgan fingerprint density at radius 1 is 1.20 bits per heavy atom. The number of anilines is 1. The number of benzene rings is 1. The van der Waals surface area contributed by atoms with Gasteiger partial charge in [0.05, 0.1) is 0 Å². The summed E-state index contributed by atoms with van der Waals surface area (Å²) < 4.78 is 5.87. The van der Waals surface area contributed by atoms with Crippen molar-refractivity contribution in [2.45, 2.75) is 32.6 Å². The van der Waals surface area contributed by atoms with Gasteiger partial charge in [0, 0.05) is 29.7 Å². The molecule has 0 amide bonds. The number of carbonyl (C=O) groups is 1. The lowest BCUT2D eigenvalue weighted by Crippen LogP contribution is -2.29. The highest BCUT2D eigenvalue weighted by molar-refractivity contribution is 5.84. The average Bonchev–Trinajstić information content (AvgIpc) is 3.07. The summed E-state index contributed by atoms with van der Waals surface area (Å²) >= 11 is 0. The van der Waals surface area contributed by atoms with Gasteiger partial charge in [-0.15, -0.1) is 0 Å². The summed E-state index contributed by atoms with van der Waals surface area (Å²) in [4.78, 5) is 13.4. The van der Waals surface area contributed by atoms with Gasteiger partial charge < -0.3 is 9.32 Å². The molecule has 0 spiro atoms. The van der Waals surface area contributed by atoms with Gasteiger partial charge in [0.1, 0.15) is 17.6 Å². The third-order valence-corrected chi connectivity index (χ3v) is 4.47. The fourth-order valence-electron chi connectivity index (χ4n) is 3.12. The second kappa shape index (κ2) is 8.52. The van der Waals surface area contributed by atoms with Crippen molar-refractivity contribution in [2.24, 2.45) is 0 Å². The molecule has 3 heteroatoms. The van der Waals surface area contributed by atoms with Gasteiger partial charge in [-0.1, -0.05) is 31.2 Å². The van der Waals surface area contributed by atoms with Crippen LogP contribution in [0.5, 0.6) is 0 Å². The third kappa shape index (κ3) is 4.50. The molecule has 1 aromatic carbocycles. The van der Waals surface area contributed by atoms with Crippen molar-refractivity contribution in [3.8, 4) is 0 Å². The lowest BCUT2D eigenvalue weighted by molar-refractivity contribution is -0.104. The molecule has 2 aromatic rings. The molecular weight excluding hydrogens is 310 g/mol. The molecule has 3 rings (SSSR count). The van der Waals surface area contributed by atoms with Crippen LogP contribution in [0.1, 0.15) is 38.4 Å². The van der Waals surface area contributed by atoms with Crippen molar-refractivity contribution < 1.29 is 9.21 Å². The first kappa shape index (κ1) is 17.3. The van der Waals surface area contributed by atoms with E-state index in [0.29, 0.717) is 5.57 Å². The standard InChI is InChI=1S/C22H25NO2/c1-2-3-8-18(17-24)9-7-10-21-16-19-15-20(11-12-22(19)25-21)23-13-5-4-6-14-23/h3,7-12,15-17H,2,4-6,13-14H2,1H3/b8-3-,10-7+,18-9+. The second-order valence-electron chi connectivity index (χ2n) is 6.37. The van der Waals surface area contributed by atoms with Crippen LogP contribution >= 0.6 is 0 Å². The first-order valence-electron chi connectivity index (χ1n) is 9.09. The maximum Gasteiger partial charge on any atom is 0.150 e. The predicted octanol–water partition coefficient (Wildman–Crippen LogP) is 5.53. The molecule has 0 aliphatic carbocycles. The van der Waals surface area contributed by atoms with Crippen LogP contribution in [0.3, 0.4) is 0 Å². The number of hydrogen-bond donors (Lipinski definition) is 0. The van der Waals surface area contributed by atoms with E-state index in [4.69, 9.17) is 4.42 Å². The molecule has 1 aromatic heterocycles. The second-order valence-corrected chi connectivity index (χ2v) is 6.37. The summed E-state index contributed by atoms with van der Waals surface area (Å²) in [5.41, 5.74) is 2.82.